The molecule has 1 unspecified atom stereocenters. The van der Waals surface area contributed by atoms with E-state index in [0.29, 0.717) is 5.92 Å². The average molecular weight is 351 g/mol. The van der Waals surface area contributed by atoms with Crippen molar-refractivity contribution < 1.29 is 42.2 Å². The molecule has 0 aliphatic carbocycles. The van der Waals surface area contributed by atoms with E-state index in [2.05, 4.69) is 18.2 Å². The summed E-state index contributed by atoms with van der Waals surface area (Å²) in [5.41, 5.74) is 0.858. The van der Waals surface area contributed by atoms with Gasteiger partial charge in [0.25, 0.3) is 0 Å². The van der Waals surface area contributed by atoms with Gasteiger partial charge < -0.3 is 15.8 Å². The fraction of sp³-hybridized carbons (Fsp3) is 0.533. The molecule has 1 aromatic rings. The van der Waals surface area contributed by atoms with Gasteiger partial charge in [0, 0.05) is 45.8 Å². The Balaban J connectivity index is 0.00000180. The van der Waals surface area contributed by atoms with E-state index in [-0.39, 0.29) is 45.0 Å². The Morgan fingerprint density at radius 2 is 1.95 bits per heavy atom. The summed E-state index contributed by atoms with van der Waals surface area (Å²) in [4.78, 5) is 13.7. The molecule has 1 aliphatic rings. The number of amides is 1. The van der Waals surface area contributed by atoms with Crippen LogP contribution in [0, 0.1) is 6.07 Å². The van der Waals surface area contributed by atoms with Crippen molar-refractivity contribution in [3.63, 3.8) is 0 Å². The molecule has 4 nitrogen and oxygen atoms in total. The van der Waals surface area contributed by atoms with Gasteiger partial charge in [0.2, 0.25) is 0 Å². The van der Waals surface area contributed by atoms with Crippen LogP contribution in [-0.4, -0.2) is 29.7 Å². The van der Waals surface area contributed by atoms with Crippen LogP contribution in [-0.2, 0) is 37.4 Å². The zero-order valence-corrected chi connectivity index (χ0v) is 15.3. The summed E-state index contributed by atoms with van der Waals surface area (Å²) >= 11 is 0. The van der Waals surface area contributed by atoms with Crippen molar-refractivity contribution in [3.8, 4) is 0 Å². The minimum absolute atomic E-state index is 0. The molecule has 0 bridgehead atoms. The number of likely N-dealkylation sites (tertiary alicyclic amines) is 1. The van der Waals surface area contributed by atoms with Gasteiger partial charge in [-0.2, -0.15) is 35.9 Å². The maximum atomic E-state index is 11.9. The number of carbonyl (C=O) groups excluding carboxylic acids is 1. The molecule has 2 rings (SSSR count). The number of nitrogens with two attached hydrogens (primary N) is 1. The van der Waals surface area contributed by atoms with Crippen molar-refractivity contribution in [3.05, 3.63) is 42.0 Å². The normalized spacial score (nSPS) is 17.9. The van der Waals surface area contributed by atoms with E-state index in [4.69, 9.17) is 4.74 Å². The fourth-order valence-electron chi connectivity index (χ4n) is 2.20. The largest absolute Gasteiger partial charge is 0.693 e. The molecule has 1 aliphatic heterocycles. The van der Waals surface area contributed by atoms with E-state index >= 15 is 0 Å². The molecule has 109 valence electrons. The third-order valence-electron chi connectivity index (χ3n) is 3.06. The summed E-state index contributed by atoms with van der Waals surface area (Å²) in [6.07, 6.45) is 0.802. The van der Waals surface area contributed by atoms with Gasteiger partial charge in [-0.3, -0.25) is 0 Å². The molecule has 0 saturated carbocycles. The second kappa shape index (κ2) is 8.11. The first-order valence-corrected chi connectivity index (χ1v) is 6.39. The van der Waals surface area contributed by atoms with Crippen molar-refractivity contribution in [1.82, 2.24) is 4.90 Å². The Morgan fingerprint density at radius 1 is 1.35 bits per heavy atom. The molecule has 1 heterocycles. The Labute approximate surface area is 146 Å². The minimum Gasteiger partial charge on any atom is -0.693 e. The molecule has 0 spiro atoms. The topological polar surface area (TPSA) is 63.0 Å². The first-order valence-electron chi connectivity index (χ1n) is 6.39. The van der Waals surface area contributed by atoms with Crippen LogP contribution in [0.2, 0.25) is 0 Å². The predicted octanol–water partition coefficient (Wildman–Crippen LogP) is 3.93. The molecule has 0 aromatic heterocycles. The smallest absolute Gasteiger partial charge is 0.410 e. The van der Waals surface area contributed by atoms with Crippen molar-refractivity contribution in [2.45, 2.75) is 38.7 Å². The summed E-state index contributed by atoms with van der Waals surface area (Å²) in [6, 6.07) is 11.0. The first-order chi connectivity index (χ1) is 8.46. The number of rotatable bonds is 1. The third-order valence-corrected chi connectivity index (χ3v) is 3.06. The monoisotopic (exact) mass is 351 g/mol. The molecule has 1 aromatic carbocycles. The van der Waals surface area contributed by atoms with Gasteiger partial charge in [-0.25, -0.2) is 4.79 Å². The van der Waals surface area contributed by atoms with Crippen LogP contribution in [0.4, 0.5) is 4.79 Å². The quantitative estimate of drug-likeness (QED) is 0.720. The second-order valence-corrected chi connectivity index (χ2v) is 5.75. The van der Waals surface area contributed by atoms with Crippen LogP contribution in [0.15, 0.2) is 24.3 Å². The summed E-state index contributed by atoms with van der Waals surface area (Å²) in [7, 11) is 0. The second-order valence-electron chi connectivity index (χ2n) is 5.75. The molecule has 1 amide bonds. The van der Waals surface area contributed by atoms with Gasteiger partial charge >= 0.3 is 6.09 Å². The van der Waals surface area contributed by atoms with E-state index < -0.39 is 5.60 Å². The Morgan fingerprint density at radius 3 is 2.50 bits per heavy atom. The number of ether oxygens (including phenoxy) is 1. The van der Waals surface area contributed by atoms with Gasteiger partial charge in [0.05, 0.1) is 0 Å². The SMILES string of the molecule is CC(C)(C)OC(=O)N1CCC(c2cc[c-]cc2)C1.[NH2-].[Y]. The average Bonchev–Trinajstić information content (AvgIpc) is 2.77. The van der Waals surface area contributed by atoms with Gasteiger partial charge in [0.15, 0.2) is 0 Å². The van der Waals surface area contributed by atoms with E-state index in [1.165, 1.54) is 5.56 Å². The number of nitrogens with zero attached hydrogens (tertiary/aromatic N) is 1. The van der Waals surface area contributed by atoms with Crippen molar-refractivity contribution in [2.24, 2.45) is 0 Å². The summed E-state index contributed by atoms with van der Waals surface area (Å²) in [6.45, 7) is 7.21. The zero-order chi connectivity index (χ0) is 13.2. The molecule has 1 saturated heterocycles. The standard InChI is InChI=1S/C15H20NO2.H2N.Y/c1-15(2,3)18-14(17)16-10-9-13(11-16)12-7-5-4-6-8-12;;/h5-8,13H,9-11H2,1-3H3;1H2;/q2*-1;. The van der Waals surface area contributed by atoms with Crippen molar-refractivity contribution in [2.75, 3.05) is 13.1 Å². The summed E-state index contributed by atoms with van der Waals surface area (Å²) in [5, 5.41) is 0. The van der Waals surface area contributed by atoms with E-state index in [1.54, 1.807) is 4.90 Å². The van der Waals surface area contributed by atoms with E-state index in [9.17, 15) is 4.79 Å². The zero-order valence-electron chi connectivity index (χ0n) is 12.4. The van der Waals surface area contributed by atoms with Gasteiger partial charge in [-0.1, -0.05) is 0 Å². The Kier molecular flexibility index (Phi) is 7.93. The molecule has 2 N–H and O–H groups in total. The van der Waals surface area contributed by atoms with Gasteiger partial charge in [0.1, 0.15) is 5.60 Å². The molecule has 1 fully saturated rings. The fourth-order valence-corrected chi connectivity index (χ4v) is 2.20. The van der Waals surface area contributed by atoms with E-state index in [1.807, 2.05) is 32.9 Å². The summed E-state index contributed by atoms with van der Waals surface area (Å²) in [5.74, 6) is 0.423. The van der Waals surface area contributed by atoms with Crippen LogP contribution in [0.25, 0.3) is 6.15 Å². The minimum atomic E-state index is -0.420. The van der Waals surface area contributed by atoms with Gasteiger partial charge in [-0.05, 0) is 33.1 Å². The summed E-state index contributed by atoms with van der Waals surface area (Å²) < 4.78 is 5.39. The number of benzene rings is 1. The van der Waals surface area contributed by atoms with Crippen LogP contribution in [0.5, 0.6) is 0 Å². The molecule has 1 atom stereocenters. The molecular formula is C15H22N2O2Y-2. The van der Waals surface area contributed by atoms with Crippen molar-refractivity contribution in [1.29, 1.82) is 0 Å². The van der Waals surface area contributed by atoms with Crippen LogP contribution in [0.3, 0.4) is 0 Å². The van der Waals surface area contributed by atoms with Crippen LogP contribution in [0.1, 0.15) is 38.7 Å². The van der Waals surface area contributed by atoms with Crippen LogP contribution >= 0.6 is 0 Å². The van der Waals surface area contributed by atoms with E-state index in [0.717, 1.165) is 19.5 Å². The maximum absolute atomic E-state index is 11.9. The molecule has 5 heteroatoms. The first kappa shape index (κ1) is 19.6. The third kappa shape index (κ3) is 5.51. The number of carbonyl (C=O) groups is 1. The molecule has 1 radical (unpaired) electrons. The maximum Gasteiger partial charge on any atom is 0.410 e. The predicted molar refractivity (Wildman–Crippen MR) is 75.7 cm³/mol. The molecular weight excluding hydrogens is 329 g/mol. The van der Waals surface area contributed by atoms with Gasteiger partial charge in [-0.15, -0.1) is 0 Å². The number of hydrogen-bond donors (Lipinski definition) is 0. The molecule has 20 heavy (non-hydrogen) atoms. The van der Waals surface area contributed by atoms with Crippen molar-refractivity contribution >= 4 is 6.09 Å². The van der Waals surface area contributed by atoms with Crippen LogP contribution < -0.4 is 0 Å². The Bertz CT molecular complexity index is 418. The Hall–Kier alpha value is -0.446. The number of hydrogen-bond acceptors (Lipinski definition) is 2.